The smallest absolute Gasteiger partial charge is 0.0676 e. The first-order valence-corrected chi connectivity index (χ1v) is 6.54. The van der Waals surface area contributed by atoms with Gasteiger partial charge in [0, 0.05) is 16.3 Å². The van der Waals surface area contributed by atoms with Crippen molar-refractivity contribution in [2.75, 3.05) is 19.8 Å². The predicted molar refractivity (Wildman–Crippen MR) is 65.6 cm³/mol. The summed E-state index contributed by atoms with van der Waals surface area (Å²) in [5.41, 5.74) is -0.391. The molecule has 1 aromatic heterocycles. The standard InChI is InChI=1S/C12H19NO2S/c1-10-3-4-11(16-10)7-13-6-2-5-12(13,8-14)9-15/h3-4,14-15H,2,5-9H2,1H3. The molecule has 1 fully saturated rings. The Balaban J connectivity index is 2.09. The zero-order chi connectivity index (χ0) is 11.6. The first kappa shape index (κ1) is 12.0. The zero-order valence-electron chi connectivity index (χ0n) is 9.65. The van der Waals surface area contributed by atoms with Crippen LogP contribution in [-0.4, -0.2) is 40.4 Å². The summed E-state index contributed by atoms with van der Waals surface area (Å²) < 4.78 is 0. The van der Waals surface area contributed by atoms with Gasteiger partial charge in [0.2, 0.25) is 0 Å². The van der Waals surface area contributed by atoms with Gasteiger partial charge >= 0.3 is 0 Å². The van der Waals surface area contributed by atoms with Crippen LogP contribution >= 0.6 is 11.3 Å². The maximum atomic E-state index is 9.47. The number of hydrogen-bond acceptors (Lipinski definition) is 4. The molecule has 0 saturated carbocycles. The van der Waals surface area contributed by atoms with Crippen LogP contribution in [0.2, 0.25) is 0 Å². The van der Waals surface area contributed by atoms with E-state index < -0.39 is 5.54 Å². The molecule has 16 heavy (non-hydrogen) atoms. The van der Waals surface area contributed by atoms with Crippen LogP contribution in [0.15, 0.2) is 12.1 Å². The second kappa shape index (κ2) is 4.84. The number of hydrogen-bond donors (Lipinski definition) is 2. The van der Waals surface area contributed by atoms with Gasteiger partial charge < -0.3 is 10.2 Å². The minimum absolute atomic E-state index is 0.0495. The molecular formula is C12H19NO2S. The predicted octanol–water partition coefficient (Wildman–Crippen LogP) is 1.38. The Morgan fingerprint density at radius 2 is 2.12 bits per heavy atom. The van der Waals surface area contributed by atoms with E-state index in [1.807, 2.05) is 0 Å². The van der Waals surface area contributed by atoms with E-state index in [1.165, 1.54) is 9.75 Å². The van der Waals surface area contributed by atoms with Crippen molar-refractivity contribution >= 4 is 11.3 Å². The number of thiophene rings is 1. The zero-order valence-corrected chi connectivity index (χ0v) is 10.5. The summed E-state index contributed by atoms with van der Waals surface area (Å²) >= 11 is 1.79. The minimum Gasteiger partial charge on any atom is -0.394 e. The third-order valence-electron chi connectivity index (χ3n) is 3.47. The van der Waals surface area contributed by atoms with E-state index in [-0.39, 0.29) is 13.2 Å². The van der Waals surface area contributed by atoms with Crippen molar-refractivity contribution in [1.29, 1.82) is 0 Å². The van der Waals surface area contributed by atoms with Crippen LogP contribution in [0, 0.1) is 6.92 Å². The molecular weight excluding hydrogens is 222 g/mol. The molecule has 2 N–H and O–H groups in total. The fourth-order valence-electron chi connectivity index (χ4n) is 2.41. The van der Waals surface area contributed by atoms with Crippen LogP contribution in [0.1, 0.15) is 22.6 Å². The topological polar surface area (TPSA) is 43.7 Å². The average molecular weight is 241 g/mol. The number of nitrogens with zero attached hydrogens (tertiary/aromatic N) is 1. The fraction of sp³-hybridized carbons (Fsp3) is 0.667. The van der Waals surface area contributed by atoms with Crippen molar-refractivity contribution in [3.63, 3.8) is 0 Å². The quantitative estimate of drug-likeness (QED) is 0.837. The van der Waals surface area contributed by atoms with Gasteiger partial charge in [-0.25, -0.2) is 0 Å². The molecule has 0 aliphatic carbocycles. The Morgan fingerprint density at radius 1 is 1.38 bits per heavy atom. The molecule has 3 nitrogen and oxygen atoms in total. The first-order valence-electron chi connectivity index (χ1n) is 5.72. The molecule has 1 aromatic rings. The normalized spacial score (nSPS) is 20.4. The molecule has 0 unspecified atom stereocenters. The van der Waals surface area contributed by atoms with Gasteiger partial charge in [-0.05, 0) is 38.4 Å². The van der Waals surface area contributed by atoms with Crippen molar-refractivity contribution in [2.24, 2.45) is 0 Å². The van der Waals surface area contributed by atoms with Crippen molar-refractivity contribution in [3.05, 3.63) is 21.9 Å². The minimum atomic E-state index is -0.391. The third-order valence-corrected chi connectivity index (χ3v) is 4.46. The SMILES string of the molecule is Cc1ccc(CN2CCCC2(CO)CO)s1. The van der Waals surface area contributed by atoms with Crippen LogP contribution < -0.4 is 0 Å². The van der Waals surface area contributed by atoms with Crippen LogP contribution in [-0.2, 0) is 6.54 Å². The van der Waals surface area contributed by atoms with Gasteiger partial charge in [-0.3, -0.25) is 4.90 Å². The Labute approximate surface area is 100 Å². The van der Waals surface area contributed by atoms with Gasteiger partial charge in [-0.15, -0.1) is 11.3 Å². The van der Waals surface area contributed by atoms with E-state index in [1.54, 1.807) is 11.3 Å². The van der Waals surface area contributed by atoms with Crippen molar-refractivity contribution in [2.45, 2.75) is 31.8 Å². The number of aliphatic hydroxyl groups excluding tert-OH is 2. The summed E-state index contributed by atoms with van der Waals surface area (Å²) in [5, 5.41) is 18.9. The van der Waals surface area contributed by atoms with E-state index in [0.717, 1.165) is 25.9 Å². The summed E-state index contributed by atoms with van der Waals surface area (Å²) in [6.45, 7) is 4.02. The van der Waals surface area contributed by atoms with E-state index in [9.17, 15) is 10.2 Å². The van der Waals surface area contributed by atoms with Crippen molar-refractivity contribution < 1.29 is 10.2 Å². The Morgan fingerprint density at radius 3 is 2.69 bits per heavy atom. The molecule has 0 bridgehead atoms. The first-order chi connectivity index (χ1) is 7.70. The van der Waals surface area contributed by atoms with E-state index in [2.05, 4.69) is 24.0 Å². The number of rotatable bonds is 4. The second-order valence-corrected chi connectivity index (χ2v) is 5.95. The monoisotopic (exact) mass is 241 g/mol. The maximum Gasteiger partial charge on any atom is 0.0676 e. The molecule has 2 rings (SSSR count). The lowest BCUT2D eigenvalue weighted by molar-refractivity contribution is 0.0112. The highest BCUT2D eigenvalue weighted by atomic mass is 32.1. The summed E-state index contributed by atoms with van der Waals surface area (Å²) in [5.74, 6) is 0. The maximum absolute atomic E-state index is 9.47. The molecule has 0 aromatic carbocycles. The highest BCUT2D eigenvalue weighted by molar-refractivity contribution is 7.11. The molecule has 0 atom stereocenters. The van der Waals surface area contributed by atoms with Crippen LogP contribution in [0.5, 0.6) is 0 Å². The van der Waals surface area contributed by atoms with Crippen LogP contribution in [0.3, 0.4) is 0 Å². The molecule has 4 heteroatoms. The highest BCUT2D eigenvalue weighted by Gasteiger charge is 2.39. The van der Waals surface area contributed by atoms with Crippen LogP contribution in [0.25, 0.3) is 0 Å². The van der Waals surface area contributed by atoms with Crippen LogP contribution in [0.4, 0.5) is 0 Å². The second-order valence-electron chi connectivity index (χ2n) is 4.58. The van der Waals surface area contributed by atoms with Gasteiger partial charge in [0.05, 0.1) is 18.8 Å². The van der Waals surface area contributed by atoms with E-state index in [0.29, 0.717) is 0 Å². The summed E-state index contributed by atoms with van der Waals surface area (Å²) in [6, 6.07) is 4.26. The molecule has 1 saturated heterocycles. The largest absolute Gasteiger partial charge is 0.394 e. The highest BCUT2D eigenvalue weighted by Crippen LogP contribution is 2.31. The number of likely N-dealkylation sites (tertiary alicyclic amines) is 1. The molecule has 0 radical (unpaired) electrons. The van der Waals surface area contributed by atoms with Crippen molar-refractivity contribution in [1.82, 2.24) is 4.90 Å². The molecule has 0 amide bonds. The molecule has 2 heterocycles. The van der Waals surface area contributed by atoms with E-state index >= 15 is 0 Å². The molecule has 1 aliphatic rings. The molecule has 1 aliphatic heterocycles. The summed E-state index contributed by atoms with van der Waals surface area (Å²) in [7, 11) is 0. The Kier molecular flexibility index (Phi) is 3.64. The van der Waals surface area contributed by atoms with Gasteiger partial charge in [0.1, 0.15) is 0 Å². The van der Waals surface area contributed by atoms with Gasteiger partial charge in [-0.1, -0.05) is 0 Å². The molecule has 0 spiro atoms. The third kappa shape index (κ3) is 2.15. The van der Waals surface area contributed by atoms with Gasteiger partial charge in [0.25, 0.3) is 0 Å². The lowest BCUT2D eigenvalue weighted by atomic mass is 9.98. The number of aryl methyl sites for hydroxylation is 1. The lowest BCUT2D eigenvalue weighted by Crippen LogP contribution is -2.49. The Bertz CT molecular complexity index is 347. The van der Waals surface area contributed by atoms with Gasteiger partial charge in [0.15, 0.2) is 0 Å². The number of aliphatic hydroxyl groups is 2. The van der Waals surface area contributed by atoms with Gasteiger partial charge in [-0.2, -0.15) is 0 Å². The van der Waals surface area contributed by atoms with Crippen molar-refractivity contribution in [3.8, 4) is 0 Å². The molecule has 90 valence electrons. The average Bonchev–Trinajstić information content (AvgIpc) is 2.87. The lowest BCUT2D eigenvalue weighted by Gasteiger charge is -2.35. The summed E-state index contributed by atoms with van der Waals surface area (Å²) in [6.07, 6.45) is 1.95. The Hall–Kier alpha value is -0.420. The summed E-state index contributed by atoms with van der Waals surface area (Å²) in [4.78, 5) is 4.84. The fourth-order valence-corrected chi connectivity index (χ4v) is 3.31. The van der Waals surface area contributed by atoms with E-state index in [4.69, 9.17) is 0 Å².